The lowest BCUT2D eigenvalue weighted by Crippen LogP contribution is -2.29. The van der Waals surface area contributed by atoms with Crippen LogP contribution in [0, 0.1) is 6.92 Å². The molecule has 7 heteroatoms. The quantitative estimate of drug-likeness (QED) is 0.937. The van der Waals surface area contributed by atoms with E-state index in [1.165, 1.54) is 11.3 Å². The number of carbonyl (C=O) groups is 1. The van der Waals surface area contributed by atoms with Crippen LogP contribution in [0.5, 0.6) is 0 Å². The molecule has 0 atom stereocenters. The number of pyridine rings is 1. The van der Waals surface area contributed by atoms with Gasteiger partial charge in [-0.05, 0) is 24.6 Å². The van der Waals surface area contributed by atoms with E-state index in [0.29, 0.717) is 4.88 Å². The highest BCUT2D eigenvalue weighted by molar-refractivity contribution is 7.89. The molecule has 0 unspecified atom stereocenters. The summed E-state index contributed by atoms with van der Waals surface area (Å²) in [4.78, 5) is 17.1. The van der Waals surface area contributed by atoms with Gasteiger partial charge in [0, 0.05) is 22.8 Å². The van der Waals surface area contributed by atoms with E-state index in [1.807, 2.05) is 16.9 Å². The maximum atomic E-state index is 11.8. The van der Waals surface area contributed by atoms with Crippen molar-refractivity contribution >= 4 is 27.3 Å². The molecule has 2 aromatic heterocycles. The van der Waals surface area contributed by atoms with E-state index in [9.17, 15) is 13.2 Å². The summed E-state index contributed by atoms with van der Waals surface area (Å²) in [6.07, 6.45) is 4.32. The number of nitrogens with zero attached hydrogens (tertiary/aromatic N) is 1. The first-order chi connectivity index (χ1) is 8.87. The second-order valence-electron chi connectivity index (χ2n) is 4.07. The first-order valence-corrected chi connectivity index (χ1v) is 8.10. The molecule has 1 amide bonds. The molecule has 0 aromatic carbocycles. The minimum atomic E-state index is -3.55. The molecule has 0 bridgehead atoms. The maximum Gasteiger partial charge on any atom is 0.275 e. The standard InChI is InChI=1S/C12H12N2O3S2/c1-8-6-10(9-4-3-5-13-7-9)18-11(8)12(15)14-19(2,16)17/h3-7H,1-2H3,(H,14,15). The van der Waals surface area contributed by atoms with E-state index in [2.05, 4.69) is 4.98 Å². The summed E-state index contributed by atoms with van der Waals surface area (Å²) in [5.74, 6) is -0.597. The van der Waals surface area contributed by atoms with E-state index in [0.717, 1.165) is 22.3 Å². The Morgan fingerprint density at radius 1 is 1.42 bits per heavy atom. The number of nitrogens with one attached hydrogen (secondary N) is 1. The molecule has 100 valence electrons. The van der Waals surface area contributed by atoms with E-state index in [-0.39, 0.29) is 0 Å². The zero-order valence-corrected chi connectivity index (χ0v) is 12.0. The monoisotopic (exact) mass is 296 g/mol. The van der Waals surface area contributed by atoms with Gasteiger partial charge in [0.2, 0.25) is 10.0 Å². The number of sulfonamides is 1. The fraction of sp³-hybridized carbons (Fsp3) is 0.167. The molecule has 1 N–H and O–H groups in total. The van der Waals surface area contributed by atoms with Crippen molar-refractivity contribution in [1.82, 2.24) is 9.71 Å². The highest BCUT2D eigenvalue weighted by Crippen LogP contribution is 2.30. The second-order valence-corrected chi connectivity index (χ2v) is 6.87. The van der Waals surface area contributed by atoms with Crippen molar-refractivity contribution in [3.8, 4) is 10.4 Å². The first-order valence-electron chi connectivity index (χ1n) is 5.40. The van der Waals surface area contributed by atoms with Crippen LogP contribution in [-0.2, 0) is 10.0 Å². The Balaban J connectivity index is 2.35. The lowest BCUT2D eigenvalue weighted by molar-refractivity contribution is 0.0985. The summed E-state index contributed by atoms with van der Waals surface area (Å²) in [5, 5.41) is 0. The van der Waals surface area contributed by atoms with E-state index in [1.54, 1.807) is 25.4 Å². The first kappa shape index (κ1) is 13.7. The van der Waals surface area contributed by atoms with Gasteiger partial charge < -0.3 is 0 Å². The van der Waals surface area contributed by atoms with Crippen LogP contribution in [0.25, 0.3) is 10.4 Å². The number of hydrogen-bond acceptors (Lipinski definition) is 5. The third kappa shape index (κ3) is 3.39. The Hall–Kier alpha value is -1.73. The molecule has 0 saturated carbocycles. The molecule has 0 fully saturated rings. The lowest BCUT2D eigenvalue weighted by Gasteiger charge is -2.00. The van der Waals surface area contributed by atoms with Crippen molar-refractivity contribution in [2.45, 2.75) is 6.92 Å². The molecule has 0 aliphatic heterocycles. The number of aryl methyl sites for hydroxylation is 1. The SMILES string of the molecule is Cc1cc(-c2cccnc2)sc1C(=O)NS(C)(=O)=O. The molecule has 2 aromatic rings. The fourth-order valence-corrected chi connectivity index (χ4v) is 3.13. The van der Waals surface area contributed by atoms with Crippen molar-refractivity contribution < 1.29 is 13.2 Å². The minimum Gasteiger partial charge on any atom is -0.267 e. The molecule has 0 saturated heterocycles. The molecule has 2 rings (SSSR count). The Kier molecular flexibility index (Phi) is 3.68. The number of rotatable bonds is 3. The minimum absolute atomic E-state index is 0.393. The fourth-order valence-electron chi connectivity index (χ4n) is 1.57. The highest BCUT2D eigenvalue weighted by Gasteiger charge is 2.17. The smallest absolute Gasteiger partial charge is 0.267 e. The topological polar surface area (TPSA) is 76.1 Å². The van der Waals surface area contributed by atoms with E-state index >= 15 is 0 Å². The third-order valence-corrected chi connectivity index (χ3v) is 4.19. The number of hydrogen-bond donors (Lipinski definition) is 1. The Labute approximate surface area is 115 Å². The third-order valence-electron chi connectivity index (χ3n) is 2.35. The predicted molar refractivity (Wildman–Crippen MR) is 74.6 cm³/mol. The van der Waals surface area contributed by atoms with Crippen molar-refractivity contribution in [3.05, 3.63) is 41.0 Å². The number of aromatic nitrogens is 1. The van der Waals surface area contributed by atoms with Crippen LogP contribution in [0.15, 0.2) is 30.6 Å². The Morgan fingerprint density at radius 3 is 2.74 bits per heavy atom. The molecule has 0 aliphatic rings. The van der Waals surface area contributed by atoms with Gasteiger partial charge in [0.25, 0.3) is 5.91 Å². The van der Waals surface area contributed by atoms with E-state index in [4.69, 9.17) is 0 Å². The van der Waals surface area contributed by atoms with Gasteiger partial charge in [-0.2, -0.15) is 0 Å². The van der Waals surface area contributed by atoms with Crippen LogP contribution in [0.3, 0.4) is 0 Å². The average molecular weight is 296 g/mol. The van der Waals surface area contributed by atoms with Gasteiger partial charge in [-0.1, -0.05) is 6.07 Å². The number of carbonyl (C=O) groups excluding carboxylic acids is 1. The zero-order valence-electron chi connectivity index (χ0n) is 10.4. The molecule has 0 spiro atoms. The molecule has 0 radical (unpaired) electrons. The largest absolute Gasteiger partial charge is 0.275 e. The van der Waals surface area contributed by atoms with Gasteiger partial charge in [-0.3, -0.25) is 9.78 Å². The lowest BCUT2D eigenvalue weighted by atomic mass is 10.2. The molecule has 2 heterocycles. The van der Waals surface area contributed by atoms with Gasteiger partial charge in [0.15, 0.2) is 0 Å². The highest BCUT2D eigenvalue weighted by atomic mass is 32.2. The van der Waals surface area contributed by atoms with Crippen LogP contribution in [0.4, 0.5) is 0 Å². The van der Waals surface area contributed by atoms with Crippen molar-refractivity contribution in [1.29, 1.82) is 0 Å². The summed E-state index contributed by atoms with van der Waals surface area (Å²) < 4.78 is 24.1. The van der Waals surface area contributed by atoms with Crippen LogP contribution >= 0.6 is 11.3 Å². The molecular weight excluding hydrogens is 284 g/mol. The van der Waals surface area contributed by atoms with Crippen molar-refractivity contribution in [2.24, 2.45) is 0 Å². The van der Waals surface area contributed by atoms with Crippen LogP contribution in [0.2, 0.25) is 0 Å². The summed E-state index contributed by atoms with van der Waals surface area (Å²) in [6, 6.07) is 5.54. The summed E-state index contributed by atoms with van der Waals surface area (Å²) in [7, 11) is -3.55. The van der Waals surface area contributed by atoms with Crippen molar-refractivity contribution in [3.63, 3.8) is 0 Å². The van der Waals surface area contributed by atoms with Crippen molar-refractivity contribution in [2.75, 3.05) is 6.26 Å². The molecule has 19 heavy (non-hydrogen) atoms. The Bertz CT molecular complexity index is 706. The van der Waals surface area contributed by atoms with Gasteiger partial charge in [0.05, 0.1) is 11.1 Å². The Morgan fingerprint density at radius 2 is 2.16 bits per heavy atom. The zero-order chi connectivity index (χ0) is 14.0. The summed E-state index contributed by atoms with van der Waals surface area (Å²) >= 11 is 1.24. The summed E-state index contributed by atoms with van der Waals surface area (Å²) in [6.45, 7) is 1.77. The van der Waals surface area contributed by atoms with E-state index < -0.39 is 15.9 Å². The van der Waals surface area contributed by atoms with Crippen LogP contribution < -0.4 is 4.72 Å². The molecule has 0 aliphatic carbocycles. The normalized spacial score (nSPS) is 11.3. The maximum absolute atomic E-state index is 11.8. The van der Waals surface area contributed by atoms with Gasteiger partial charge in [0.1, 0.15) is 0 Å². The number of amides is 1. The molecular formula is C12H12N2O3S2. The molecule has 5 nitrogen and oxygen atoms in total. The summed E-state index contributed by atoms with van der Waals surface area (Å²) in [5.41, 5.74) is 1.64. The van der Waals surface area contributed by atoms with Gasteiger partial charge in [-0.25, -0.2) is 13.1 Å². The second kappa shape index (κ2) is 5.10. The predicted octanol–water partition coefficient (Wildman–Crippen LogP) is 1.81. The number of thiophene rings is 1. The van der Waals surface area contributed by atoms with Crippen LogP contribution in [0.1, 0.15) is 15.2 Å². The average Bonchev–Trinajstić information content (AvgIpc) is 2.70. The van der Waals surface area contributed by atoms with Crippen LogP contribution in [-0.4, -0.2) is 25.6 Å². The van der Waals surface area contributed by atoms with Gasteiger partial charge in [-0.15, -0.1) is 11.3 Å². The van der Waals surface area contributed by atoms with Gasteiger partial charge >= 0.3 is 0 Å².